The lowest BCUT2D eigenvalue weighted by Gasteiger charge is -2.28. The minimum atomic E-state index is -0.843. The maximum Gasteiger partial charge on any atom is 0.356 e. The van der Waals surface area contributed by atoms with Gasteiger partial charge in [0.25, 0.3) is 11.5 Å². The van der Waals surface area contributed by atoms with Gasteiger partial charge in [0.15, 0.2) is 0 Å². The van der Waals surface area contributed by atoms with Gasteiger partial charge in [-0.1, -0.05) is 0 Å². The van der Waals surface area contributed by atoms with Crippen molar-refractivity contribution in [1.29, 1.82) is 0 Å². The van der Waals surface area contributed by atoms with Gasteiger partial charge < -0.3 is 25.0 Å². The fourth-order valence-electron chi connectivity index (χ4n) is 3.75. The number of piperidine rings is 1. The summed E-state index contributed by atoms with van der Waals surface area (Å²) in [7, 11) is 0. The minimum absolute atomic E-state index is 0.113. The van der Waals surface area contributed by atoms with E-state index in [1.807, 2.05) is 12.1 Å². The minimum Gasteiger partial charge on any atom is -0.506 e. The van der Waals surface area contributed by atoms with Gasteiger partial charge in [0.2, 0.25) is 0 Å². The van der Waals surface area contributed by atoms with Gasteiger partial charge in [-0.15, -0.1) is 0 Å². The predicted octanol–water partition coefficient (Wildman–Crippen LogP) is 2.55. The highest BCUT2D eigenvalue weighted by Crippen LogP contribution is 2.36. The number of fused-ring (bicyclic) bond motifs is 1. The zero-order valence-electron chi connectivity index (χ0n) is 15.4. The van der Waals surface area contributed by atoms with E-state index in [1.165, 1.54) is 19.3 Å². The van der Waals surface area contributed by atoms with E-state index in [4.69, 9.17) is 4.74 Å². The molecule has 2 aromatic rings. The van der Waals surface area contributed by atoms with Crippen LogP contribution in [0.4, 0.5) is 11.4 Å². The lowest BCUT2D eigenvalue weighted by molar-refractivity contribution is 0.0416. The normalized spacial score (nSPS) is 18.5. The second-order valence-electron chi connectivity index (χ2n) is 7.06. The number of aromatic nitrogens is 1. The number of nitrogens with one attached hydrogen (secondary N) is 2. The molecule has 0 unspecified atom stereocenters. The number of aromatic amines is 1. The summed E-state index contributed by atoms with van der Waals surface area (Å²) >= 11 is 0. The summed E-state index contributed by atoms with van der Waals surface area (Å²) in [4.78, 5) is 41.2. The molecule has 1 aromatic heterocycles. The highest BCUT2D eigenvalue weighted by molar-refractivity contribution is 6.07. The van der Waals surface area contributed by atoms with E-state index < -0.39 is 34.9 Å². The Hall–Kier alpha value is -3.29. The van der Waals surface area contributed by atoms with Gasteiger partial charge in [0, 0.05) is 24.5 Å². The highest BCUT2D eigenvalue weighted by Gasteiger charge is 2.35. The number of hydrogen-bond acceptors (Lipinski definition) is 6. The number of amides is 1. The van der Waals surface area contributed by atoms with E-state index in [9.17, 15) is 19.5 Å². The van der Waals surface area contributed by atoms with Crippen LogP contribution in [0.1, 0.15) is 58.7 Å². The van der Waals surface area contributed by atoms with Crippen LogP contribution in [-0.4, -0.2) is 35.1 Å². The Kier molecular flexibility index (Phi) is 4.54. The maximum absolute atomic E-state index is 12.6. The number of pyridine rings is 1. The molecule has 1 saturated heterocycles. The lowest BCUT2D eigenvalue weighted by atomic mass is 10.1. The first kappa shape index (κ1) is 18.1. The Labute approximate surface area is 161 Å². The van der Waals surface area contributed by atoms with E-state index in [0.717, 1.165) is 18.8 Å². The molecule has 0 bridgehead atoms. The van der Waals surface area contributed by atoms with E-state index in [0.29, 0.717) is 5.69 Å². The molecule has 1 aromatic carbocycles. The fraction of sp³-hybridized carbons (Fsp3) is 0.350. The smallest absolute Gasteiger partial charge is 0.356 e. The number of ether oxygens (including phenoxy) is 1. The Morgan fingerprint density at radius 2 is 1.86 bits per heavy atom. The summed E-state index contributed by atoms with van der Waals surface area (Å²) in [5, 5.41) is 13.0. The predicted molar refractivity (Wildman–Crippen MR) is 103 cm³/mol. The van der Waals surface area contributed by atoms with Crippen LogP contribution in [0.3, 0.4) is 0 Å². The largest absolute Gasteiger partial charge is 0.506 e. The van der Waals surface area contributed by atoms with Crippen molar-refractivity contribution in [3.8, 4) is 5.75 Å². The first-order valence-electron chi connectivity index (χ1n) is 9.32. The van der Waals surface area contributed by atoms with Crippen molar-refractivity contribution in [3.05, 3.63) is 51.4 Å². The molecule has 8 heteroatoms. The van der Waals surface area contributed by atoms with Gasteiger partial charge in [0.1, 0.15) is 23.1 Å². The van der Waals surface area contributed by atoms with Crippen molar-refractivity contribution < 1.29 is 19.4 Å². The molecular formula is C20H21N3O5. The fourth-order valence-corrected chi connectivity index (χ4v) is 3.75. The molecule has 0 spiro atoms. The molecule has 2 aliphatic heterocycles. The van der Waals surface area contributed by atoms with Crippen LogP contribution in [0.15, 0.2) is 29.1 Å². The summed E-state index contributed by atoms with van der Waals surface area (Å²) in [6, 6.07) is 7.36. The molecule has 1 atom stereocenters. The molecule has 3 N–H and O–H groups in total. The van der Waals surface area contributed by atoms with Crippen molar-refractivity contribution in [2.75, 3.05) is 23.3 Å². The van der Waals surface area contributed by atoms with Crippen LogP contribution in [-0.2, 0) is 4.74 Å². The van der Waals surface area contributed by atoms with E-state index in [2.05, 4.69) is 15.2 Å². The number of esters is 1. The number of carbonyl (C=O) groups is 2. The zero-order chi connectivity index (χ0) is 19.8. The van der Waals surface area contributed by atoms with E-state index in [-0.39, 0.29) is 11.3 Å². The second-order valence-corrected chi connectivity index (χ2v) is 7.06. The molecular weight excluding hydrogens is 362 g/mol. The summed E-state index contributed by atoms with van der Waals surface area (Å²) < 4.78 is 4.99. The van der Waals surface area contributed by atoms with Crippen LogP contribution >= 0.6 is 0 Å². The van der Waals surface area contributed by atoms with Crippen molar-refractivity contribution in [2.45, 2.75) is 32.3 Å². The van der Waals surface area contributed by atoms with Crippen LogP contribution in [0.25, 0.3) is 0 Å². The average molecular weight is 383 g/mol. The van der Waals surface area contributed by atoms with Crippen molar-refractivity contribution >= 4 is 23.3 Å². The number of nitrogens with zero attached hydrogens (tertiary/aromatic N) is 1. The molecule has 1 amide bonds. The Balaban J connectivity index is 1.57. The molecule has 1 fully saturated rings. The van der Waals surface area contributed by atoms with Crippen molar-refractivity contribution in [2.24, 2.45) is 0 Å². The molecule has 2 aliphatic rings. The molecule has 0 radical (unpaired) electrons. The molecule has 146 valence electrons. The third kappa shape index (κ3) is 3.11. The third-order valence-electron chi connectivity index (χ3n) is 5.19. The number of hydrogen-bond donors (Lipinski definition) is 3. The SMILES string of the molecule is C[C@H]1OC(=O)c2[nH]c(=O)c(C(=O)Nc3ccc(N4CCCCC4)cc3)c(O)c21. The summed E-state index contributed by atoms with van der Waals surface area (Å²) in [5.41, 5.74) is 0.312. The number of rotatable bonds is 3. The number of carbonyl (C=O) groups excluding carboxylic acids is 2. The van der Waals surface area contributed by atoms with Crippen molar-refractivity contribution in [3.63, 3.8) is 0 Å². The molecule has 0 aliphatic carbocycles. The Morgan fingerprint density at radius 1 is 1.18 bits per heavy atom. The Morgan fingerprint density at radius 3 is 2.54 bits per heavy atom. The number of anilines is 2. The Bertz CT molecular complexity index is 990. The summed E-state index contributed by atoms with van der Waals surface area (Å²) in [6.45, 7) is 3.59. The molecule has 8 nitrogen and oxygen atoms in total. The van der Waals surface area contributed by atoms with Crippen LogP contribution in [0.2, 0.25) is 0 Å². The summed E-state index contributed by atoms with van der Waals surface area (Å²) in [5.74, 6) is -2.01. The highest BCUT2D eigenvalue weighted by atomic mass is 16.5. The molecule has 28 heavy (non-hydrogen) atoms. The number of cyclic esters (lactones) is 1. The van der Waals surface area contributed by atoms with Gasteiger partial charge in [-0.25, -0.2) is 4.79 Å². The standard InChI is InChI=1S/C20H21N3O5/c1-11-14-16(20(27)28-11)22-19(26)15(17(14)24)18(25)21-12-5-7-13(8-6-12)23-9-3-2-4-10-23/h5-8,11H,2-4,9-10H2,1H3,(H,21,25)(H2,22,24,26)/t11-/m1/s1. The van der Waals surface area contributed by atoms with Gasteiger partial charge >= 0.3 is 5.97 Å². The third-order valence-corrected chi connectivity index (χ3v) is 5.19. The van der Waals surface area contributed by atoms with Crippen LogP contribution in [0, 0.1) is 0 Å². The van der Waals surface area contributed by atoms with Gasteiger partial charge in [0.05, 0.1) is 5.56 Å². The first-order chi connectivity index (χ1) is 13.5. The molecule has 0 saturated carbocycles. The zero-order valence-corrected chi connectivity index (χ0v) is 15.4. The van der Waals surface area contributed by atoms with Crippen molar-refractivity contribution in [1.82, 2.24) is 4.98 Å². The quantitative estimate of drug-likeness (QED) is 0.703. The van der Waals surface area contributed by atoms with Crippen LogP contribution in [0.5, 0.6) is 5.75 Å². The number of H-pyrrole nitrogens is 1. The molecule has 4 rings (SSSR count). The number of aromatic hydroxyl groups is 1. The lowest BCUT2D eigenvalue weighted by Crippen LogP contribution is -2.29. The first-order valence-corrected chi connectivity index (χ1v) is 9.32. The van der Waals surface area contributed by atoms with E-state index in [1.54, 1.807) is 19.1 Å². The monoisotopic (exact) mass is 383 g/mol. The second kappa shape index (κ2) is 7.03. The van der Waals surface area contributed by atoms with Gasteiger partial charge in [-0.05, 0) is 50.5 Å². The van der Waals surface area contributed by atoms with E-state index >= 15 is 0 Å². The van der Waals surface area contributed by atoms with Gasteiger partial charge in [-0.3, -0.25) is 9.59 Å². The topological polar surface area (TPSA) is 112 Å². The number of benzene rings is 1. The van der Waals surface area contributed by atoms with Crippen LogP contribution < -0.4 is 15.8 Å². The maximum atomic E-state index is 12.6. The van der Waals surface area contributed by atoms with Gasteiger partial charge in [-0.2, -0.15) is 0 Å². The average Bonchev–Trinajstić information content (AvgIpc) is 2.96. The molecule has 3 heterocycles. The summed E-state index contributed by atoms with van der Waals surface area (Å²) in [6.07, 6.45) is 2.85.